The van der Waals surface area contributed by atoms with E-state index in [1.54, 1.807) is 11.6 Å². The van der Waals surface area contributed by atoms with Gasteiger partial charge in [0.25, 0.3) is 0 Å². The van der Waals surface area contributed by atoms with Gasteiger partial charge in [-0.15, -0.1) is 0 Å². The fourth-order valence-corrected chi connectivity index (χ4v) is 3.03. The zero-order valence-corrected chi connectivity index (χ0v) is 13.2. The molecule has 1 fully saturated rings. The van der Waals surface area contributed by atoms with Crippen LogP contribution < -0.4 is 5.32 Å². The molecule has 1 aromatic carbocycles. The molecule has 2 aromatic rings. The smallest absolute Gasteiger partial charge is 0.358 e. The van der Waals surface area contributed by atoms with Crippen molar-refractivity contribution in [3.8, 4) is 0 Å². The van der Waals surface area contributed by atoms with E-state index in [0.717, 1.165) is 25.2 Å². The van der Waals surface area contributed by atoms with Gasteiger partial charge in [0.2, 0.25) is 12.1 Å². The van der Waals surface area contributed by atoms with Gasteiger partial charge in [-0.2, -0.15) is 0 Å². The Morgan fingerprint density at radius 1 is 1.30 bits per heavy atom. The van der Waals surface area contributed by atoms with E-state index in [2.05, 4.69) is 27.3 Å². The standard InChI is InChI=1S/C16H21N5O2/c1-19-12-17-15(21(22)23)16(19)18-14(11-20-9-5-6-10-20)13-7-3-2-4-8-13/h2-4,7-8,12,14,18H,5-6,9-11H2,1H3. The van der Waals surface area contributed by atoms with Gasteiger partial charge in [-0.25, -0.2) is 0 Å². The van der Waals surface area contributed by atoms with Crippen LogP contribution in [0.3, 0.4) is 0 Å². The lowest BCUT2D eigenvalue weighted by Crippen LogP contribution is -2.30. The summed E-state index contributed by atoms with van der Waals surface area (Å²) < 4.78 is 1.66. The van der Waals surface area contributed by atoms with Crippen LogP contribution in [-0.2, 0) is 7.05 Å². The molecule has 1 N–H and O–H groups in total. The van der Waals surface area contributed by atoms with E-state index in [-0.39, 0.29) is 11.9 Å². The molecule has 2 heterocycles. The number of nitrogens with one attached hydrogen (secondary N) is 1. The first-order chi connectivity index (χ1) is 11.1. The van der Waals surface area contributed by atoms with Gasteiger partial charge in [-0.3, -0.25) is 4.57 Å². The van der Waals surface area contributed by atoms with Crippen LogP contribution in [0, 0.1) is 10.1 Å². The van der Waals surface area contributed by atoms with Crippen molar-refractivity contribution in [1.82, 2.24) is 14.5 Å². The summed E-state index contributed by atoms with van der Waals surface area (Å²) in [6, 6.07) is 10.1. The van der Waals surface area contributed by atoms with E-state index in [1.807, 2.05) is 18.2 Å². The van der Waals surface area contributed by atoms with Crippen LogP contribution in [0.2, 0.25) is 0 Å². The first-order valence-electron chi connectivity index (χ1n) is 7.84. The molecule has 0 aliphatic carbocycles. The van der Waals surface area contributed by atoms with Crippen LogP contribution in [0.25, 0.3) is 0 Å². The average Bonchev–Trinajstić information content (AvgIpc) is 3.18. The van der Waals surface area contributed by atoms with Crippen LogP contribution in [0.15, 0.2) is 36.7 Å². The van der Waals surface area contributed by atoms with E-state index >= 15 is 0 Å². The number of aromatic nitrogens is 2. The van der Waals surface area contributed by atoms with Gasteiger partial charge < -0.3 is 20.3 Å². The highest BCUT2D eigenvalue weighted by molar-refractivity contribution is 5.53. The summed E-state index contributed by atoms with van der Waals surface area (Å²) in [5, 5.41) is 14.5. The number of nitro groups is 1. The Labute approximate surface area is 135 Å². The minimum absolute atomic E-state index is 0.0107. The third-order valence-corrected chi connectivity index (χ3v) is 4.24. The first-order valence-corrected chi connectivity index (χ1v) is 7.84. The number of nitrogens with zero attached hydrogens (tertiary/aromatic N) is 4. The molecule has 3 rings (SSSR count). The van der Waals surface area contributed by atoms with E-state index in [9.17, 15) is 10.1 Å². The number of anilines is 1. The SMILES string of the molecule is Cn1cnc([N+](=O)[O-])c1NC(CN1CCCC1)c1ccccc1. The van der Waals surface area contributed by atoms with E-state index < -0.39 is 4.92 Å². The van der Waals surface area contributed by atoms with E-state index in [0.29, 0.717) is 5.82 Å². The van der Waals surface area contributed by atoms with Gasteiger partial charge in [0.15, 0.2) is 0 Å². The molecule has 0 saturated carbocycles. The molecule has 1 unspecified atom stereocenters. The Morgan fingerprint density at radius 2 is 2.00 bits per heavy atom. The Kier molecular flexibility index (Phi) is 4.57. The maximum Gasteiger partial charge on any atom is 0.406 e. The first kappa shape index (κ1) is 15.5. The highest BCUT2D eigenvalue weighted by Gasteiger charge is 2.25. The van der Waals surface area contributed by atoms with Crippen molar-refractivity contribution in [3.63, 3.8) is 0 Å². The molecular formula is C16H21N5O2. The lowest BCUT2D eigenvalue weighted by Gasteiger charge is -2.25. The van der Waals surface area contributed by atoms with Crippen molar-refractivity contribution < 1.29 is 4.92 Å². The summed E-state index contributed by atoms with van der Waals surface area (Å²) >= 11 is 0. The fourth-order valence-electron chi connectivity index (χ4n) is 3.03. The molecule has 7 heteroatoms. The number of likely N-dealkylation sites (tertiary alicyclic amines) is 1. The molecule has 1 atom stereocenters. The summed E-state index contributed by atoms with van der Waals surface area (Å²) in [5.74, 6) is 0.318. The molecular weight excluding hydrogens is 294 g/mol. The van der Waals surface area contributed by atoms with Crippen molar-refractivity contribution in [2.45, 2.75) is 18.9 Å². The Hall–Kier alpha value is -2.41. The minimum atomic E-state index is -0.444. The third-order valence-electron chi connectivity index (χ3n) is 4.24. The predicted molar refractivity (Wildman–Crippen MR) is 88.3 cm³/mol. The topological polar surface area (TPSA) is 76.2 Å². The number of benzene rings is 1. The molecule has 122 valence electrons. The molecule has 0 radical (unpaired) electrons. The summed E-state index contributed by atoms with van der Waals surface area (Å²) in [6.45, 7) is 2.99. The van der Waals surface area contributed by atoms with E-state index in [4.69, 9.17) is 0 Å². The zero-order valence-electron chi connectivity index (χ0n) is 13.2. The quantitative estimate of drug-likeness (QED) is 0.655. The van der Waals surface area contributed by atoms with Crippen LogP contribution in [0.4, 0.5) is 11.6 Å². The third kappa shape index (κ3) is 3.50. The second kappa shape index (κ2) is 6.78. The van der Waals surface area contributed by atoms with Crippen LogP contribution in [0.1, 0.15) is 24.4 Å². The maximum absolute atomic E-state index is 11.2. The number of hydrogen-bond donors (Lipinski definition) is 1. The van der Waals surface area contributed by atoms with Gasteiger partial charge in [0, 0.05) is 13.6 Å². The van der Waals surface area contributed by atoms with Gasteiger partial charge in [-0.05, 0) is 41.4 Å². The summed E-state index contributed by atoms with van der Waals surface area (Å²) in [4.78, 5) is 17.0. The molecule has 23 heavy (non-hydrogen) atoms. The molecule has 1 aliphatic heterocycles. The Bertz CT molecular complexity index is 664. The fraction of sp³-hybridized carbons (Fsp3) is 0.438. The Balaban J connectivity index is 1.86. The van der Waals surface area contributed by atoms with Crippen LogP contribution in [-0.4, -0.2) is 39.0 Å². The lowest BCUT2D eigenvalue weighted by molar-refractivity contribution is -0.388. The largest absolute Gasteiger partial charge is 0.406 e. The second-order valence-corrected chi connectivity index (χ2v) is 5.90. The molecule has 0 amide bonds. The van der Waals surface area contributed by atoms with Gasteiger partial charge in [0.05, 0.1) is 6.04 Å². The Morgan fingerprint density at radius 3 is 2.65 bits per heavy atom. The maximum atomic E-state index is 11.2. The van der Waals surface area contributed by atoms with Crippen LogP contribution >= 0.6 is 0 Å². The minimum Gasteiger partial charge on any atom is -0.358 e. The summed E-state index contributed by atoms with van der Waals surface area (Å²) in [7, 11) is 1.76. The molecule has 7 nitrogen and oxygen atoms in total. The molecule has 0 bridgehead atoms. The average molecular weight is 315 g/mol. The van der Waals surface area contributed by atoms with Crippen molar-refractivity contribution in [2.75, 3.05) is 25.0 Å². The monoisotopic (exact) mass is 315 g/mol. The van der Waals surface area contributed by atoms with Gasteiger partial charge in [0.1, 0.15) is 0 Å². The van der Waals surface area contributed by atoms with Gasteiger partial charge >= 0.3 is 5.82 Å². The summed E-state index contributed by atoms with van der Waals surface area (Å²) in [6.07, 6.45) is 3.90. The highest BCUT2D eigenvalue weighted by Crippen LogP contribution is 2.27. The molecule has 1 saturated heterocycles. The van der Waals surface area contributed by atoms with Gasteiger partial charge in [-0.1, -0.05) is 30.3 Å². The number of aryl methyl sites for hydroxylation is 1. The molecule has 1 aromatic heterocycles. The zero-order chi connectivity index (χ0) is 16.2. The van der Waals surface area contributed by atoms with Crippen molar-refractivity contribution in [2.24, 2.45) is 7.05 Å². The van der Waals surface area contributed by atoms with Crippen molar-refractivity contribution in [1.29, 1.82) is 0 Å². The molecule has 1 aliphatic rings. The highest BCUT2D eigenvalue weighted by atomic mass is 16.6. The van der Waals surface area contributed by atoms with Crippen LogP contribution in [0.5, 0.6) is 0 Å². The predicted octanol–water partition coefficient (Wildman–Crippen LogP) is 2.58. The lowest BCUT2D eigenvalue weighted by atomic mass is 10.1. The number of hydrogen-bond acceptors (Lipinski definition) is 5. The second-order valence-electron chi connectivity index (χ2n) is 5.90. The number of rotatable bonds is 6. The molecule has 0 spiro atoms. The van der Waals surface area contributed by atoms with Crippen molar-refractivity contribution >= 4 is 11.6 Å². The normalized spacial score (nSPS) is 16.4. The van der Waals surface area contributed by atoms with Crippen molar-refractivity contribution in [3.05, 3.63) is 52.3 Å². The number of imidazole rings is 1. The van der Waals surface area contributed by atoms with E-state index in [1.165, 1.54) is 19.2 Å². The summed E-state index contributed by atoms with van der Waals surface area (Å²) in [5.41, 5.74) is 1.12.